The van der Waals surface area contributed by atoms with E-state index in [9.17, 15) is 4.79 Å². The molecule has 1 aliphatic carbocycles. The minimum absolute atomic E-state index is 0.394. The Bertz CT molecular complexity index is 1040. The fourth-order valence-corrected chi connectivity index (χ4v) is 3.74. The van der Waals surface area contributed by atoms with Crippen molar-refractivity contribution < 1.29 is 14.3 Å². The topological polar surface area (TPSA) is 105 Å². The molecule has 0 aliphatic heterocycles. The van der Waals surface area contributed by atoms with E-state index < -0.39 is 5.97 Å². The van der Waals surface area contributed by atoms with Gasteiger partial charge in [-0.3, -0.25) is 0 Å². The molecular formula is C20H20IN5O3. The van der Waals surface area contributed by atoms with Gasteiger partial charge < -0.3 is 19.8 Å². The summed E-state index contributed by atoms with van der Waals surface area (Å²) in [5.41, 5.74) is 6.94. The molecule has 0 amide bonds. The molecule has 0 spiro atoms. The van der Waals surface area contributed by atoms with E-state index in [1.807, 2.05) is 28.8 Å². The van der Waals surface area contributed by atoms with Crippen molar-refractivity contribution >= 4 is 34.4 Å². The van der Waals surface area contributed by atoms with Crippen molar-refractivity contribution in [3.8, 4) is 17.3 Å². The van der Waals surface area contributed by atoms with Gasteiger partial charge in [-0.05, 0) is 71.2 Å². The Morgan fingerprint density at radius 1 is 1.31 bits per heavy atom. The number of carbonyl (C=O) groups is 1. The first-order chi connectivity index (χ1) is 14.0. The maximum atomic E-state index is 12.0. The molecule has 0 radical (unpaired) electrons. The predicted octanol–water partition coefficient (Wildman–Crippen LogP) is 3.03. The highest BCUT2D eigenvalue weighted by molar-refractivity contribution is 14.1. The summed E-state index contributed by atoms with van der Waals surface area (Å²) in [7, 11) is 1.37. The van der Waals surface area contributed by atoms with E-state index in [1.165, 1.54) is 7.11 Å². The molecule has 3 aromatic rings. The zero-order valence-corrected chi connectivity index (χ0v) is 17.9. The Balaban J connectivity index is 1.38. The van der Waals surface area contributed by atoms with Gasteiger partial charge in [-0.1, -0.05) is 6.07 Å². The van der Waals surface area contributed by atoms with Crippen LogP contribution in [-0.4, -0.2) is 39.4 Å². The van der Waals surface area contributed by atoms with Gasteiger partial charge in [0.2, 0.25) is 0 Å². The van der Waals surface area contributed by atoms with E-state index in [-0.39, 0.29) is 0 Å². The average molecular weight is 505 g/mol. The Morgan fingerprint density at radius 2 is 2.17 bits per heavy atom. The average Bonchev–Trinajstić information content (AvgIpc) is 3.29. The number of rotatable bonds is 7. The minimum Gasteiger partial charge on any atom is -0.492 e. The minimum atomic E-state index is -0.394. The second-order valence-corrected chi connectivity index (χ2v) is 8.20. The van der Waals surface area contributed by atoms with Crippen LogP contribution in [0.5, 0.6) is 5.75 Å². The number of halogens is 1. The lowest BCUT2D eigenvalue weighted by atomic mass is 10.2. The second-order valence-electron chi connectivity index (χ2n) is 6.95. The van der Waals surface area contributed by atoms with Crippen molar-refractivity contribution in [1.82, 2.24) is 19.7 Å². The smallest absolute Gasteiger partial charge is 0.341 e. The van der Waals surface area contributed by atoms with E-state index in [0.29, 0.717) is 47.1 Å². The molecule has 0 bridgehead atoms. The molecule has 4 rings (SSSR count). The molecule has 2 N–H and O–H groups in total. The summed E-state index contributed by atoms with van der Waals surface area (Å²) < 4.78 is 13.8. The number of anilines is 1. The zero-order valence-electron chi connectivity index (χ0n) is 15.8. The van der Waals surface area contributed by atoms with Crippen LogP contribution in [0.4, 0.5) is 5.82 Å². The SMILES string of the molecule is COC(=O)c1cc(I)ccc1OC[C@@H]1CC1Cn1cnnc1-c1cccc(N)n1. The fraction of sp³-hybridized carbons (Fsp3) is 0.300. The van der Waals surface area contributed by atoms with Crippen molar-refractivity contribution in [3.05, 3.63) is 51.9 Å². The van der Waals surface area contributed by atoms with E-state index in [2.05, 4.69) is 37.8 Å². The van der Waals surface area contributed by atoms with Crippen molar-refractivity contribution in [2.45, 2.75) is 13.0 Å². The maximum absolute atomic E-state index is 12.0. The number of hydrogen-bond acceptors (Lipinski definition) is 7. The summed E-state index contributed by atoms with van der Waals surface area (Å²) in [6, 6.07) is 11.0. The fourth-order valence-electron chi connectivity index (χ4n) is 3.25. The highest BCUT2D eigenvalue weighted by Crippen LogP contribution is 2.41. The number of nitrogens with zero attached hydrogens (tertiary/aromatic N) is 4. The third-order valence-electron chi connectivity index (χ3n) is 4.92. The Kier molecular flexibility index (Phi) is 5.65. The second kappa shape index (κ2) is 8.36. The van der Waals surface area contributed by atoms with Gasteiger partial charge >= 0.3 is 5.97 Å². The van der Waals surface area contributed by atoms with Gasteiger partial charge in [-0.2, -0.15) is 0 Å². The van der Waals surface area contributed by atoms with Crippen LogP contribution < -0.4 is 10.5 Å². The van der Waals surface area contributed by atoms with Crippen LogP contribution in [0.25, 0.3) is 11.5 Å². The number of aromatic nitrogens is 4. The monoisotopic (exact) mass is 505 g/mol. The molecule has 2 atom stereocenters. The molecule has 1 aliphatic rings. The molecule has 2 aromatic heterocycles. The van der Waals surface area contributed by atoms with Crippen molar-refractivity contribution in [2.75, 3.05) is 19.5 Å². The highest BCUT2D eigenvalue weighted by Gasteiger charge is 2.38. The number of hydrogen-bond donors (Lipinski definition) is 1. The Morgan fingerprint density at radius 3 is 2.97 bits per heavy atom. The summed E-state index contributed by atoms with van der Waals surface area (Å²) in [5.74, 6) is 2.18. The van der Waals surface area contributed by atoms with Crippen LogP contribution >= 0.6 is 22.6 Å². The van der Waals surface area contributed by atoms with Gasteiger partial charge in [-0.25, -0.2) is 9.78 Å². The van der Waals surface area contributed by atoms with Crippen LogP contribution in [0.1, 0.15) is 16.8 Å². The normalized spacial score (nSPS) is 17.7. The zero-order chi connectivity index (χ0) is 20.4. The summed E-state index contributed by atoms with van der Waals surface area (Å²) in [6.45, 7) is 1.33. The molecular weight excluding hydrogens is 485 g/mol. The van der Waals surface area contributed by atoms with E-state index in [4.69, 9.17) is 15.2 Å². The molecule has 9 heteroatoms. The maximum Gasteiger partial charge on any atom is 0.341 e. The lowest BCUT2D eigenvalue weighted by Crippen LogP contribution is -2.10. The lowest BCUT2D eigenvalue weighted by Gasteiger charge is -2.11. The molecule has 0 saturated heterocycles. The number of benzene rings is 1. The van der Waals surface area contributed by atoms with Crippen molar-refractivity contribution in [3.63, 3.8) is 0 Å². The number of methoxy groups -OCH3 is 1. The first-order valence-corrected chi connectivity index (χ1v) is 10.2. The molecule has 150 valence electrons. The summed E-state index contributed by atoms with van der Waals surface area (Å²) >= 11 is 2.16. The van der Waals surface area contributed by atoms with E-state index in [1.54, 1.807) is 18.5 Å². The largest absolute Gasteiger partial charge is 0.492 e. The number of nitrogens with two attached hydrogens (primary N) is 1. The standard InChI is InChI=1S/C20H20IN5O3/c1-28-20(27)15-8-14(21)5-6-17(15)29-10-13-7-12(13)9-26-11-23-25-19(26)16-3-2-4-18(22)24-16/h2-6,8,11-13H,7,9-10H2,1H3,(H2,22,24)/t12?,13-/m0/s1. The summed E-state index contributed by atoms with van der Waals surface area (Å²) in [5, 5.41) is 8.21. The lowest BCUT2D eigenvalue weighted by molar-refractivity contribution is 0.0595. The molecule has 1 saturated carbocycles. The summed E-state index contributed by atoms with van der Waals surface area (Å²) in [6.07, 6.45) is 2.75. The molecule has 1 fully saturated rings. The first-order valence-electron chi connectivity index (χ1n) is 9.16. The van der Waals surface area contributed by atoms with Gasteiger partial charge in [0.1, 0.15) is 29.2 Å². The molecule has 1 aromatic carbocycles. The number of carbonyl (C=O) groups excluding carboxylic acids is 1. The third-order valence-corrected chi connectivity index (χ3v) is 5.59. The number of esters is 1. The van der Waals surface area contributed by atoms with Gasteiger partial charge in [-0.15, -0.1) is 10.2 Å². The molecule has 1 unspecified atom stereocenters. The van der Waals surface area contributed by atoms with Crippen molar-refractivity contribution in [2.24, 2.45) is 11.8 Å². The number of ether oxygens (including phenoxy) is 2. The van der Waals surface area contributed by atoms with Crippen LogP contribution in [0.15, 0.2) is 42.7 Å². The van der Waals surface area contributed by atoms with Crippen LogP contribution in [0.2, 0.25) is 0 Å². The highest BCUT2D eigenvalue weighted by atomic mass is 127. The van der Waals surface area contributed by atoms with Crippen LogP contribution in [0.3, 0.4) is 0 Å². The molecule has 8 nitrogen and oxygen atoms in total. The van der Waals surface area contributed by atoms with Gasteiger partial charge in [0.05, 0.1) is 13.7 Å². The van der Waals surface area contributed by atoms with Crippen LogP contribution in [-0.2, 0) is 11.3 Å². The molecule has 29 heavy (non-hydrogen) atoms. The van der Waals surface area contributed by atoms with Gasteiger partial charge in [0.15, 0.2) is 5.82 Å². The first kappa shape index (κ1) is 19.6. The Hall–Kier alpha value is -2.69. The van der Waals surface area contributed by atoms with Gasteiger partial charge in [0, 0.05) is 10.1 Å². The Labute approximate surface area is 181 Å². The number of nitrogen functional groups attached to an aromatic ring is 1. The molecule has 2 heterocycles. The predicted molar refractivity (Wildman–Crippen MR) is 115 cm³/mol. The van der Waals surface area contributed by atoms with E-state index in [0.717, 1.165) is 16.5 Å². The third kappa shape index (κ3) is 4.50. The number of pyridine rings is 1. The van der Waals surface area contributed by atoms with E-state index >= 15 is 0 Å². The quantitative estimate of drug-likeness (QED) is 0.389. The van der Waals surface area contributed by atoms with Crippen LogP contribution in [0, 0.1) is 15.4 Å². The van der Waals surface area contributed by atoms with Gasteiger partial charge in [0.25, 0.3) is 0 Å². The van der Waals surface area contributed by atoms with Crippen molar-refractivity contribution in [1.29, 1.82) is 0 Å². The summed E-state index contributed by atoms with van der Waals surface area (Å²) in [4.78, 5) is 16.3.